The van der Waals surface area contributed by atoms with Crippen LogP contribution in [-0.2, 0) is 0 Å². The highest BCUT2D eigenvalue weighted by Gasteiger charge is 2.24. The third-order valence-electron chi connectivity index (χ3n) is 3.70. The summed E-state index contributed by atoms with van der Waals surface area (Å²) in [5, 5.41) is 10.3. The van der Waals surface area contributed by atoms with Crippen LogP contribution in [0.5, 0.6) is 0 Å². The van der Waals surface area contributed by atoms with E-state index in [2.05, 4.69) is 17.5 Å². The van der Waals surface area contributed by atoms with Crippen LogP contribution in [0.25, 0.3) is 0 Å². The maximum absolute atomic E-state index is 13.6. The van der Waals surface area contributed by atoms with Crippen molar-refractivity contribution < 1.29 is 13.9 Å². The Hall–Kier alpha value is -0.690. The van der Waals surface area contributed by atoms with E-state index >= 15 is 0 Å². The quantitative estimate of drug-likeness (QED) is 0.832. The number of hydrogen-bond donors (Lipinski definition) is 2. The Morgan fingerprint density at radius 1 is 1.20 bits per heavy atom. The van der Waals surface area contributed by atoms with Gasteiger partial charge in [0.15, 0.2) is 0 Å². The first-order valence-electron chi connectivity index (χ1n) is 6.75. The van der Waals surface area contributed by atoms with E-state index < -0.39 is 17.7 Å². The van der Waals surface area contributed by atoms with Crippen molar-refractivity contribution in [2.75, 3.05) is 32.7 Å². The van der Waals surface area contributed by atoms with Gasteiger partial charge >= 0.3 is 0 Å². The van der Waals surface area contributed by atoms with E-state index in [9.17, 15) is 13.9 Å². The van der Waals surface area contributed by atoms with Crippen molar-refractivity contribution in [1.29, 1.82) is 0 Å². The van der Waals surface area contributed by atoms with Crippen LogP contribution in [0.1, 0.15) is 18.6 Å². The molecule has 0 amide bonds. The maximum atomic E-state index is 13.6. The first-order valence-corrected chi connectivity index (χ1v) is 7.27. The predicted molar refractivity (Wildman–Crippen MR) is 77.8 cm³/mol. The molecule has 0 bridgehead atoms. The maximum Gasteiger partial charge on any atom is 0.131 e. The Morgan fingerprint density at radius 3 is 2.25 bits per heavy atom. The van der Waals surface area contributed by atoms with Crippen LogP contribution in [0.15, 0.2) is 18.2 Å². The second kappa shape index (κ2) is 6.85. The van der Waals surface area contributed by atoms with Crippen molar-refractivity contribution in [3.63, 3.8) is 0 Å². The second-order valence-electron chi connectivity index (χ2n) is 5.12. The summed E-state index contributed by atoms with van der Waals surface area (Å²) in [6.07, 6.45) is -1.14. The van der Waals surface area contributed by atoms with Crippen molar-refractivity contribution in [1.82, 2.24) is 9.80 Å². The zero-order chi connectivity index (χ0) is 14.7. The molecule has 0 aliphatic carbocycles. The van der Waals surface area contributed by atoms with Crippen LogP contribution in [-0.4, -0.2) is 53.0 Å². The van der Waals surface area contributed by atoms with Gasteiger partial charge in [-0.05, 0) is 19.1 Å². The number of β-amino-alcohol motifs (C(OH)–C–C–N with tert-alkyl or cyclic N) is 1. The number of hydrogen-bond acceptors (Lipinski definition) is 4. The fourth-order valence-corrected chi connectivity index (χ4v) is 2.72. The van der Waals surface area contributed by atoms with Crippen LogP contribution in [0.3, 0.4) is 0 Å². The third kappa shape index (κ3) is 3.69. The van der Waals surface area contributed by atoms with Gasteiger partial charge in [-0.2, -0.15) is 12.6 Å². The number of benzene rings is 1. The fraction of sp³-hybridized carbons (Fsp3) is 0.571. The van der Waals surface area contributed by atoms with Crippen LogP contribution < -0.4 is 0 Å². The highest BCUT2D eigenvalue weighted by atomic mass is 32.1. The fourth-order valence-electron chi connectivity index (χ4n) is 2.48. The van der Waals surface area contributed by atoms with Crippen LogP contribution in [0, 0.1) is 11.6 Å². The van der Waals surface area contributed by atoms with Gasteiger partial charge in [0.1, 0.15) is 11.6 Å². The SMILES string of the molecule is CC(S)N1CCN(CC(O)c2c(F)cccc2F)CC1. The lowest BCUT2D eigenvalue weighted by molar-refractivity contribution is 0.0676. The summed E-state index contributed by atoms with van der Waals surface area (Å²) in [5.74, 6) is -1.39. The number of piperazine rings is 1. The Balaban J connectivity index is 1.94. The van der Waals surface area contributed by atoms with Gasteiger partial charge < -0.3 is 5.11 Å². The monoisotopic (exact) mass is 302 g/mol. The Labute approximate surface area is 123 Å². The summed E-state index contributed by atoms with van der Waals surface area (Å²) < 4.78 is 27.2. The molecule has 1 saturated heterocycles. The predicted octanol–water partition coefficient (Wildman–Crippen LogP) is 1.89. The Bertz CT molecular complexity index is 431. The summed E-state index contributed by atoms with van der Waals surface area (Å²) in [7, 11) is 0. The molecule has 0 spiro atoms. The molecule has 2 rings (SSSR count). The second-order valence-corrected chi connectivity index (χ2v) is 5.87. The van der Waals surface area contributed by atoms with Crippen LogP contribution in [0.4, 0.5) is 8.78 Å². The van der Waals surface area contributed by atoms with Crippen molar-refractivity contribution in [2.45, 2.75) is 18.4 Å². The molecular formula is C14H20F2N2OS. The van der Waals surface area contributed by atoms with E-state index in [4.69, 9.17) is 0 Å². The van der Waals surface area contributed by atoms with Crippen LogP contribution >= 0.6 is 12.6 Å². The van der Waals surface area contributed by atoms with Gasteiger partial charge in [0.25, 0.3) is 0 Å². The lowest BCUT2D eigenvalue weighted by atomic mass is 10.1. The number of aliphatic hydroxyl groups is 1. The molecule has 1 aliphatic heterocycles. The van der Waals surface area contributed by atoms with Gasteiger partial charge in [-0.3, -0.25) is 9.80 Å². The van der Waals surface area contributed by atoms with Gasteiger partial charge in [0, 0.05) is 38.1 Å². The highest BCUT2D eigenvalue weighted by Crippen LogP contribution is 2.22. The third-order valence-corrected chi connectivity index (χ3v) is 4.03. The summed E-state index contributed by atoms with van der Waals surface area (Å²) in [5.41, 5.74) is -0.238. The summed E-state index contributed by atoms with van der Waals surface area (Å²) in [6, 6.07) is 3.64. The zero-order valence-electron chi connectivity index (χ0n) is 11.5. The number of rotatable bonds is 4. The molecule has 2 atom stereocenters. The first-order chi connectivity index (χ1) is 9.49. The van der Waals surface area contributed by atoms with E-state index in [1.165, 1.54) is 18.2 Å². The van der Waals surface area contributed by atoms with E-state index in [1.54, 1.807) is 0 Å². The molecule has 20 heavy (non-hydrogen) atoms. The largest absolute Gasteiger partial charge is 0.387 e. The zero-order valence-corrected chi connectivity index (χ0v) is 12.4. The van der Waals surface area contributed by atoms with E-state index in [0.717, 1.165) is 26.2 Å². The van der Waals surface area contributed by atoms with Gasteiger partial charge in [0.2, 0.25) is 0 Å². The first kappa shape index (κ1) is 15.7. The molecule has 1 aromatic rings. The van der Waals surface area contributed by atoms with Gasteiger partial charge in [-0.25, -0.2) is 8.78 Å². The minimum atomic E-state index is -1.14. The molecule has 2 unspecified atom stereocenters. The minimum Gasteiger partial charge on any atom is -0.387 e. The average molecular weight is 302 g/mol. The molecule has 112 valence electrons. The smallest absolute Gasteiger partial charge is 0.131 e. The Morgan fingerprint density at radius 2 is 1.75 bits per heavy atom. The highest BCUT2D eigenvalue weighted by molar-refractivity contribution is 7.80. The molecule has 0 aromatic heterocycles. The number of thiol groups is 1. The molecule has 0 radical (unpaired) electrons. The molecule has 3 nitrogen and oxygen atoms in total. The summed E-state index contributed by atoms with van der Waals surface area (Å²) in [6.45, 7) is 5.47. The summed E-state index contributed by atoms with van der Waals surface area (Å²) >= 11 is 4.38. The number of aliphatic hydroxyl groups excluding tert-OH is 1. The van der Waals surface area contributed by atoms with Gasteiger partial charge in [-0.1, -0.05) is 6.07 Å². The Kier molecular flexibility index (Phi) is 5.37. The van der Waals surface area contributed by atoms with Gasteiger partial charge in [0.05, 0.1) is 11.7 Å². The normalized spacial score (nSPS) is 20.9. The summed E-state index contributed by atoms with van der Waals surface area (Å²) in [4.78, 5) is 4.24. The minimum absolute atomic E-state index is 0.200. The lowest BCUT2D eigenvalue weighted by Gasteiger charge is -2.37. The molecule has 1 heterocycles. The van der Waals surface area contributed by atoms with Crippen molar-refractivity contribution in [3.8, 4) is 0 Å². The number of nitrogens with zero attached hydrogens (tertiary/aromatic N) is 2. The van der Waals surface area contributed by atoms with Crippen molar-refractivity contribution >= 4 is 12.6 Å². The van der Waals surface area contributed by atoms with E-state index in [1.807, 2.05) is 11.8 Å². The topological polar surface area (TPSA) is 26.7 Å². The van der Waals surface area contributed by atoms with E-state index in [-0.39, 0.29) is 17.5 Å². The molecule has 1 fully saturated rings. The molecule has 1 aliphatic rings. The lowest BCUT2D eigenvalue weighted by Crippen LogP contribution is -2.49. The number of halogens is 2. The molecule has 1 N–H and O–H groups in total. The molecule has 0 saturated carbocycles. The average Bonchev–Trinajstić information content (AvgIpc) is 2.39. The van der Waals surface area contributed by atoms with Gasteiger partial charge in [-0.15, -0.1) is 0 Å². The van der Waals surface area contributed by atoms with Crippen molar-refractivity contribution in [3.05, 3.63) is 35.4 Å². The standard InChI is InChI=1S/C14H20F2N2OS/c1-10(20)18-7-5-17(6-8-18)9-13(19)14-11(15)3-2-4-12(14)16/h2-4,10,13,19-20H,5-9H2,1H3. The van der Waals surface area contributed by atoms with Crippen molar-refractivity contribution in [2.24, 2.45) is 0 Å². The molecular weight excluding hydrogens is 282 g/mol. The molecule has 6 heteroatoms. The van der Waals surface area contributed by atoms with Crippen LogP contribution in [0.2, 0.25) is 0 Å². The molecule has 1 aromatic carbocycles. The van der Waals surface area contributed by atoms with E-state index in [0.29, 0.717) is 0 Å².